The Kier molecular flexibility index (Phi) is 4.69. The summed E-state index contributed by atoms with van der Waals surface area (Å²) in [6.07, 6.45) is -4.63. The van der Waals surface area contributed by atoms with Gasteiger partial charge in [0.05, 0.1) is 42.6 Å². The second-order valence-electron chi connectivity index (χ2n) is 5.74. The van der Waals surface area contributed by atoms with Gasteiger partial charge in [-0.25, -0.2) is 0 Å². The fourth-order valence-electron chi connectivity index (χ4n) is 2.68. The number of aromatic nitrogens is 4. The molecule has 10 heteroatoms. The monoisotopic (exact) mass is 352 g/mol. The molecule has 2 aromatic rings. The van der Waals surface area contributed by atoms with E-state index in [1.54, 1.807) is 6.07 Å². The molecule has 25 heavy (non-hydrogen) atoms. The van der Waals surface area contributed by atoms with Crippen molar-refractivity contribution in [2.75, 3.05) is 19.8 Å². The topological polar surface area (TPSA) is 79.9 Å². The fourth-order valence-corrected chi connectivity index (χ4v) is 2.68. The van der Waals surface area contributed by atoms with Crippen molar-refractivity contribution in [1.29, 1.82) is 5.26 Å². The second-order valence-corrected chi connectivity index (χ2v) is 5.74. The third-order valence-corrected chi connectivity index (χ3v) is 4.06. The van der Waals surface area contributed by atoms with Crippen molar-refractivity contribution < 1.29 is 17.9 Å². The smallest absolute Gasteiger partial charge is 0.379 e. The summed E-state index contributed by atoms with van der Waals surface area (Å²) >= 11 is 0. The molecule has 0 bridgehead atoms. The summed E-state index contributed by atoms with van der Waals surface area (Å²) in [7, 11) is 0. The highest BCUT2D eigenvalue weighted by Gasteiger charge is 2.34. The van der Waals surface area contributed by atoms with E-state index >= 15 is 0 Å². The van der Waals surface area contributed by atoms with Crippen LogP contribution in [-0.4, -0.2) is 50.9 Å². The van der Waals surface area contributed by atoms with E-state index in [2.05, 4.69) is 20.4 Å². The first-order valence-corrected chi connectivity index (χ1v) is 7.61. The minimum Gasteiger partial charge on any atom is -0.379 e. The number of halogens is 3. The lowest BCUT2D eigenvalue weighted by Gasteiger charge is -2.32. The number of alkyl halides is 3. The van der Waals surface area contributed by atoms with Gasteiger partial charge < -0.3 is 4.74 Å². The first-order valence-electron chi connectivity index (χ1n) is 7.61. The lowest BCUT2D eigenvalue weighted by Crippen LogP contribution is -2.43. The van der Waals surface area contributed by atoms with E-state index in [0.717, 1.165) is 12.1 Å². The summed E-state index contributed by atoms with van der Waals surface area (Å²) in [5, 5.41) is 20.2. The maximum absolute atomic E-state index is 13.1. The number of tetrazole rings is 1. The highest BCUT2D eigenvalue weighted by Crippen LogP contribution is 2.33. The number of ether oxygens (including phenoxy) is 1. The van der Waals surface area contributed by atoms with Crippen LogP contribution in [0.2, 0.25) is 0 Å². The van der Waals surface area contributed by atoms with E-state index in [-0.39, 0.29) is 11.7 Å². The molecule has 2 heterocycles. The molecular weight excluding hydrogens is 337 g/mol. The van der Waals surface area contributed by atoms with Crippen molar-refractivity contribution in [2.24, 2.45) is 0 Å². The third kappa shape index (κ3) is 3.62. The third-order valence-electron chi connectivity index (χ3n) is 4.06. The average Bonchev–Trinajstić information content (AvgIpc) is 3.04. The van der Waals surface area contributed by atoms with Crippen LogP contribution in [0, 0.1) is 11.3 Å². The molecule has 0 aliphatic carbocycles. The molecule has 1 saturated heterocycles. The summed E-state index contributed by atoms with van der Waals surface area (Å²) in [5.41, 5.74) is -1.28. The number of morpholine rings is 1. The highest BCUT2D eigenvalue weighted by atomic mass is 19.4. The number of hydrogen-bond donors (Lipinski definition) is 0. The Morgan fingerprint density at radius 3 is 2.88 bits per heavy atom. The van der Waals surface area contributed by atoms with Crippen LogP contribution in [0.4, 0.5) is 13.2 Å². The zero-order chi connectivity index (χ0) is 18.0. The first kappa shape index (κ1) is 17.3. The predicted molar refractivity (Wildman–Crippen MR) is 79.6 cm³/mol. The van der Waals surface area contributed by atoms with Crippen LogP contribution in [0.25, 0.3) is 5.69 Å². The summed E-state index contributed by atoms with van der Waals surface area (Å²) in [6, 6.07) is 5.13. The molecule has 7 nitrogen and oxygen atoms in total. The predicted octanol–water partition coefficient (Wildman–Crippen LogP) is 1.77. The number of rotatable bonds is 3. The molecule has 132 valence electrons. The van der Waals surface area contributed by atoms with Crippen LogP contribution >= 0.6 is 0 Å². The minimum atomic E-state index is -4.63. The van der Waals surface area contributed by atoms with Gasteiger partial charge in [-0.2, -0.15) is 23.1 Å². The van der Waals surface area contributed by atoms with E-state index in [0.29, 0.717) is 32.1 Å². The van der Waals surface area contributed by atoms with Gasteiger partial charge in [0.2, 0.25) is 0 Å². The van der Waals surface area contributed by atoms with Gasteiger partial charge in [0, 0.05) is 12.6 Å². The second kappa shape index (κ2) is 6.78. The fraction of sp³-hybridized carbons (Fsp3) is 0.467. The average molecular weight is 352 g/mol. The van der Waals surface area contributed by atoms with Crippen molar-refractivity contribution in [3.63, 3.8) is 0 Å². The molecule has 0 saturated carbocycles. The van der Waals surface area contributed by atoms with Crippen LogP contribution in [0.1, 0.15) is 23.9 Å². The van der Waals surface area contributed by atoms with Gasteiger partial charge in [0.15, 0.2) is 5.82 Å². The first-order chi connectivity index (χ1) is 11.9. The Morgan fingerprint density at radius 2 is 2.20 bits per heavy atom. The van der Waals surface area contributed by atoms with Gasteiger partial charge in [0.25, 0.3) is 0 Å². The molecule has 0 unspecified atom stereocenters. The van der Waals surface area contributed by atoms with Crippen LogP contribution in [-0.2, 0) is 17.5 Å². The Morgan fingerprint density at radius 1 is 1.40 bits per heavy atom. The zero-order valence-corrected chi connectivity index (χ0v) is 13.4. The maximum atomic E-state index is 13.1. The normalized spacial score (nSPS) is 18.9. The standard InChI is InChI=1S/C15H15F3N6O/c1-10-9-25-5-4-23(10)8-14-20-21-22-24(14)12-3-2-11(7-19)13(6-12)15(16,17)18/h2-3,6,10H,4-5,8-9H2,1H3/t10-/m1/s1. The Labute approximate surface area is 141 Å². The SMILES string of the molecule is C[C@@H]1COCCN1Cc1nnnn1-c1ccc(C#N)c(C(F)(F)F)c1. The minimum absolute atomic E-state index is 0.158. The summed E-state index contributed by atoms with van der Waals surface area (Å²) in [5.74, 6) is 0.423. The molecule has 1 atom stereocenters. The molecule has 3 rings (SSSR count). The van der Waals surface area contributed by atoms with Crippen molar-refractivity contribution >= 4 is 0 Å². The molecule has 0 amide bonds. The molecule has 1 aromatic carbocycles. The van der Waals surface area contributed by atoms with E-state index < -0.39 is 17.3 Å². The van der Waals surface area contributed by atoms with Crippen LogP contribution < -0.4 is 0 Å². The number of hydrogen-bond acceptors (Lipinski definition) is 6. The molecule has 0 spiro atoms. The van der Waals surface area contributed by atoms with Crippen molar-refractivity contribution in [3.8, 4) is 11.8 Å². The number of nitriles is 1. The largest absolute Gasteiger partial charge is 0.417 e. The van der Waals surface area contributed by atoms with Crippen LogP contribution in [0.3, 0.4) is 0 Å². The van der Waals surface area contributed by atoms with Gasteiger partial charge in [-0.05, 0) is 35.5 Å². The molecule has 0 N–H and O–H groups in total. The van der Waals surface area contributed by atoms with E-state index in [1.807, 2.05) is 6.92 Å². The lowest BCUT2D eigenvalue weighted by molar-refractivity contribution is -0.137. The highest BCUT2D eigenvalue weighted by molar-refractivity contribution is 5.47. The maximum Gasteiger partial charge on any atom is 0.417 e. The van der Waals surface area contributed by atoms with Gasteiger partial charge in [0.1, 0.15) is 0 Å². The Balaban J connectivity index is 1.93. The quantitative estimate of drug-likeness (QED) is 0.838. The molecule has 1 fully saturated rings. The summed E-state index contributed by atoms with van der Waals surface area (Å²) in [6.45, 7) is 4.24. The van der Waals surface area contributed by atoms with E-state index in [4.69, 9.17) is 10.00 Å². The van der Waals surface area contributed by atoms with Gasteiger partial charge in [-0.15, -0.1) is 5.10 Å². The molecule has 0 radical (unpaired) electrons. The Hall–Kier alpha value is -2.51. The van der Waals surface area contributed by atoms with Crippen LogP contribution in [0.5, 0.6) is 0 Å². The summed E-state index contributed by atoms with van der Waals surface area (Å²) < 4.78 is 46.1. The van der Waals surface area contributed by atoms with E-state index in [1.165, 1.54) is 10.7 Å². The number of benzene rings is 1. The van der Waals surface area contributed by atoms with Crippen LogP contribution in [0.15, 0.2) is 18.2 Å². The molecule has 1 aromatic heterocycles. The molecule has 1 aliphatic heterocycles. The lowest BCUT2D eigenvalue weighted by atomic mass is 10.1. The Bertz CT molecular complexity index is 797. The zero-order valence-electron chi connectivity index (χ0n) is 13.4. The van der Waals surface area contributed by atoms with Gasteiger partial charge in [-0.3, -0.25) is 4.90 Å². The van der Waals surface area contributed by atoms with Crippen molar-refractivity contribution in [1.82, 2.24) is 25.1 Å². The van der Waals surface area contributed by atoms with Gasteiger partial charge in [-0.1, -0.05) is 0 Å². The molecular formula is C15H15F3N6O. The van der Waals surface area contributed by atoms with Gasteiger partial charge >= 0.3 is 6.18 Å². The van der Waals surface area contributed by atoms with E-state index in [9.17, 15) is 13.2 Å². The van der Waals surface area contributed by atoms with Crippen molar-refractivity contribution in [3.05, 3.63) is 35.2 Å². The number of nitrogens with zero attached hydrogens (tertiary/aromatic N) is 6. The summed E-state index contributed by atoms with van der Waals surface area (Å²) in [4.78, 5) is 2.10. The molecule has 1 aliphatic rings. The van der Waals surface area contributed by atoms with Crippen molar-refractivity contribution in [2.45, 2.75) is 25.7 Å².